The molecule has 0 aliphatic heterocycles. The van der Waals surface area contributed by atoms with Crippen molar-refractivity contribution in [3.63, 3.8) is 0 Å². The van der Waals surface area contributed by atoms with E-state index in [9.17, 15) is 14.4 Å². The summed E-state index contributed by atoms with van der Waals surface area (Å²) in [5.41, 5.74) is 4.76. The second kappa shape index (κ2) is 10.5. The molecule has 0 fully saturated rings. The third-order valence-electron chi connectivity index (χ3n) is 4.33. The van der Waals surface area contributed by atoms with E-state index in [2.05, 4.69) is 4.98 Å². The van der Waals surface area contributed by atoms with Crippen molar-refractivity contribution in [2.45, 2.75) is 40.2 Å². The van der Waals surface area contributed by atoms with Crippen LogP contribution in [-0.4, -0.2) is 28.6 Å². The van der Waals surface area contributed by atoms with E-state index in [0.717, 1.165) is 6.42 Å². The van der Waals surface area contributed by atoms with Crippen LogP contribution >= 0.6 is 23.2 Å². The van der Waals surface area contributed by atoms with Gasteiger partial charge in [-0.3, -0.25) is 19.1 Å². The lowest BCUT2D eigenvalue weighted by Gasteiger charge is -2.25. The molecule has 0 saturated carbocycles. The maximum atomic E-state index is 13.0. The number of unbranched alkanes of at least 4 members (excludes halogenated alkanes) is 1. The Kier molecular flexibility index (Phi) is 8.37. The summed E-state index contributed by atoms with van der Waals surface area (Å²) in [6.45, 7) is 5.92. The van der Waals surface area contributed by atoms with Crippen LogP contribution in [0.1, 0.15) is 33.6 Å². The van der Waals surface area contributed by atoms with E-state index in [-0.39, 0.29) is 39.8 Å². The molecule has 10 heteroatoms. The maximum Gasteiger partial charge on any atom is 0.330 e. The number of aromatic nitrogens is 2. The Morgan fingerprint density at radius 2 is 1.90 bits per heavy atom. The molecule has 1 amide bonds. The van der Waals surface area contributed by atoms with Gasteiger partial charge in [-0.15, -0.1) is 0 Å². The third-order valence-corrected chi connectivity index (χ3v) is 4.92. The van der Waals surface area contributed by atoms with E-state index >= 15 is 0 Å². The molecule has 0 bridgehead atoms. The van der Waals surface area contributed by atoms with Crippen molar-refractivity contribution in [3.05, 3.63) is 49.1 Å². The first-order valence-corrected chi connectivity index (χ1v) is 10.4. The molecule has 1 heterocycles. The maximum absolute atomic E-state index is 13.0. The van der Waals surface area contributed by atoms with Crippen LogP contribution in [0.5, 0.6) is 5.75 Å². The summed E-state index contributed by atoms with van der Waals surface area (Å²) in [5.74, 6) is -0.283. The van der Waals surface area contributed by atoms with E-state index in [1.807, 2.05) is 20.8 Å². The van der Waals surface area contributed by atoms with Gasteiger partial charge in [0.1, 0.15) is 5.82 Å². The molecule has 2 rings (SSSR count). The number of aromatic amines is 1. The highest BCUT2D eigenvalue weighted by atomic mass is 35.5. The molecule has 0 aliphatic rings. The van der Waals surface area contributed by atoms with Crippen molar-refractivity contribution >= 4 is 40.6 Å². The molecule has 0 radical (unpaired) electrons. The quantitative estimate of drug-likeness (QED) is 0.601. The summed E-state index contributed by atoms with van der Waals surface area (Å²) in [6.07, 6.45) is 1.41. The van der Waals surface area contributed by atoms with E-state index in [1.165, 1.54) is 9.47 Å². The molecule has 0 saturated heterocycles. The number of halogens is 2. The zero-order valence-electron chi connectivity index (χ0n) is 17.2. The van der Waals surface area contributed by atoms with Gasteiger partial charge < -0.3 is 15.4 Å². The van der Waals surface area contributed by atoms with E-state index in [1.54, 1.807) is 18.2 Å². The van der Waals surface area contributed by atoms with Crippen LogP contribution in [0.15, 0.2) is 27.8 Å². The summed E-state index contributed by atoms with van der Waals surface area (Å²) in [5, 5.41) is 0.525. The molecule has 0 unspecified atom stereocenters. The van der Waals surface area contributed by atoms with Gasteiger partial charge in [-0.2, -0.15) is 0 Å². The average molecular weight is 457 g/mol. The average Bonchev–Trinajstić information content (AvgIpc) is 2.66. The molecular weight excluding hydrogens is 431 g/mol. The van der Waals surface area contributed by atoms with Gasteiger partial charge in [0, 0.05) is 13.1 Å². The van der Waals surface area contributed by atoms with Gasteiger partial charge in [0.15, 0.2) is 18.0 Å². The number of carbonyl (C=O) groups excluding carboxylic acids is 1. The van der Waals surface area contributed by atoms with Gasteiger partial charge in [0.2, 0.25) is 0 Å². The van der Waals surface area contributed by atoms with E-state index in [4.69, 9.17) is 33.7 Å². The number of nitrogens with zero attached hydrogens (tertiary/aromatic N) is 2. The van der Waals surface area contributed by atoms with Crippen molar-refractivity contribution in [1.29, 1.82) is 0 Å². The standard InChI is InChI=1S/C20H26Cl2N4O4/c1-4-5-9-25(15(27)11-30-17-13(21)7-6-8-14(17)22)16-18(23)26(10-12(2)3)20(29)24-19(16)28/h6-8,12H,4-5,9-11,23H2,1-3H3,(H,24,28,29). The number of nitrogen functional groups attached to an aromatic ring is 1. The predicted octanol–water partition coefficient (Wildman–Crippen LogP) is 3.29. The van der Waals surface area contributed by atoms with Crippen LogP contribution in [0.3, 0.4) is 0 Å². The topological polar surface area (TPSA) is 110 Å². The molecular formula is C20H26Cl2N4O4. The lowest BCUT2D eigenvalue weighted by Crippen LogP contribution is -2.43. The molecule has 30 heavy (non-hydrogen) atoms. The first-order chi connectivity index (χ1) is 14.2. The fraction of sp³-hybridized carbons (Fsp3) is 0.450. The summed E-state index contributed by atoms with van der Waals surface area (Å²) in [4.78, 5) is 41.3. The second-order valence-corrected chi connectivity index (χ2v) is 8.05. The van der Waals surface area contributed by atoms with Gasteiger partial charge >= 0.3 is 5.69 Å². The number of hydrogen-bond donors (Lipinski definition) is 2. The van der Waals surface area contributed by atoms with Crippen molar-refractivity contribution in [3.8, 4) is 5.75 Å². The van der Waals surface area contributed by atoms with Crippen molar-refractivity contribution in [1.82, 2.24) is 9.55 Å². The molecule has 1 aromatic heterocycles. The number of H-pyrrole nitrogens is 1. The number of rotatable bonds is 9. The first kappa shape index (κ1) is 23.8. The molecule has 1 aromatic carbocycles. The number of hydrogen-bond acceptors (Lipinski definition) is 5. The van der Waals surface area contributed by atoms with Crippen LogP contribution < -0.4 is 26.6 Å². The Hall–Kier alpha value is -2.45. The number of ether oxygens (including phenoxy) is 1. The normalized spacial score (nSPS) is 11.0. The SMILES string of the molecule is CCCCN(C(=O)COc1c(Cl)cccc1Cl)c1c(N)n(CC(C)C)c(=O)[nH]c1=O. The highest BCUT2D eigenvalue weighted by Crippen LogP contribution is 2.32. The summed E-state index contributed by atoms with van der Waals surface area (Å²) < 4.78 is 6.80. The fourth-order valence-corrected chi connectivity index (χ4v) is 3.40. The minimum atomic E-state index is -0.724. The number of nitrogens with two attached hydrogens (primary N) is 1. The number of anilines is 2. The summed E-state index contributed by atoms with van der Waals surface area (Å²) in [7, 11) is 0. The molecule has 3 N–H and O–H groups in total. The lowest BCUT2D eigenvalue weighted by atomic mass is 10.2. The lowest BCUT2D eigenvalue weighted by molar-refractivity contribution is -0.120. The Morgan fingerprint density at radius 1 is 1.27 bits per heavy atom. The van der Waals surface area contributed by atoms with Crippen molar-refractivity contribution < 1.29 is 9.53 Å². The highest BCUT2D eigenvalue weighted by molar-refractivity contribution is 6.37. The van der Waals surface area contributed by atoms with Crippen molar-refractivity contribution in [2.75, 3.05) is 23.8 Å². The Bertz CT molecular complexity index is 997. The highest BCUT2D eigenvalue weighted by Gasteiger charge is 2.25. The number of carbonyl (C=O) groups is 1. The van der Waals surface area contributed by atoms with Crippen LogP contribution in [0.4, 0.5) is 11.5 Å². The van der Waals surface area contributed by atoms with Gasteiger partial charge in [-0.25, -0.2) is 4.79 Å². The predicted molar refractivity (Wildman–Crippen MR) is 120 cm³/mol. The third kappa shape index (κ3) is 5.58. The van der Waals surface area contributed by atoms with E-state index in [0.29, 0.717) is 13.0 Å². The minimum absolute atomic E-state index is 0.0577. The summed E-state index contributed by atoms with van der Waals surface area (Å²) in [6, 6.07) is 4.84. The van der Waals surface area contributed by atoms with E-state index < -0.39 is 23.8 Å². The molecule has 0 spiro atoms. The molecule has 0 aliphatic carbocycles. The Balaban J connectivity index is 2.41. The second-order valence-electron chi connectivity index (χ2n) is 7.24. The number of benzene rings is 1. The van der Waals surface area contributed by atoms with Gasteiger partial charge in [-0.1, -0.05) is 56.5 Å². The Morgan fingerprint density at radius 3 is 2.47 bits per heavy atom. The fourth-order valence-electron chi connectivity index (χ4n) is 2.89. The zero-order valence-corrected chi connectivity index (χ0v) is 18.7. The number of para-hydroxylation sites is 1. The first-order valence-electron chi connectivity index (χ1n) is 9.67. The summed E-state index contributed by atoms with van der Waals surface area (Å²) >= 11 is 12.2. The molecule has 2 aromatic rings. The number of amides is 1. The molecule has 8 nitrogen and oxygen atoms in total. The van der Waals surface area contributed by atoms with Crippen LogP contribution in [0, 0.1) is 5.92 Å². The van der Waals surface area contributed by atoms with Crippen LogP contribution in [0.25, 0.3) is 0 Å². The van der Waals surface area contributed by atoms with Crippen LogP contribution in [0.2, 0.25) is 10.0 Å². The number of nitrogens with one attached hydrogen (secondary N) is 1. The largest absolute Gasteiger partial charge is 0.481 e. The van der Waals surface area contributed by atoms with Gasteiger partial charge in [0.25, 0.3) is 11.5 Å². The Labute approximate surface area is 184 Å². The molecule has 0 atom stereocenters. The molecule has 164 valence electrons. The smallest absolute Gasteiger partial charge is 0.330 e. The van der Waals surface area contributed by atoms with Gasteiger partial charge in [-0.05, 0) is 24.5 Å². The monoisotopic (exact) mass is 456 g/mol. The minimum Gasteiger partial charge on any atom is -0.481 e. The van der Waals surface area contributed by atoms with Gasteiger partial charge in [0.05, 0.1) is 10.0 Å². The van der Waals surface area contributed by atoms with Crippen molar-refractivity contribution in [2.24, 2.45) is 5.92 Å². The van der Waals surface area contributed by atoms with Crippen LogP contribution in [-0.2, 0) is 11.3 Å². The zero-order chi connectivity index (χ0) is 22.4.